The molecule has 1 aliphatic heterocycles. The van der Waals surface area contributed by atoms with Gasteiger partial charge >= 0.3 is 0 Å². The van der Waals surface area contributed by atoms with Crippen LogP contribution in [0.3, 0.4) is 0 Å². The van der Waals surface area contributed by atoms with Gasteiger partial charge < -0.3 is 20.6 Å². The van der Waals surface area contributed by atoms with Gasteiger partial charge in [0.2, 0.25) is 5.91 Å². The smallest absolute Gasteiger partial charge is 0.227 e. The molecule has 1 amide bonds. The van der Waals surface area contributed by atoms with Crippen LogP contribution in [-0.4, -0.2) is 47.7 Å². The van der Waals surface area contributed by atoms with Crippen LogP contribution in [0.2, 0.25) is 5.02 Å². The third-order valence-electron chi connectivity index (χ3n) is 3.11. The third-order valence-corrected chi connectivity index (χ3v) is 3.34. The molecule has 1 aromatic rings. The highest BCUT2D eigenvalue weighted by Crippen LogP contribution is 2.13. The van der Waals surface area contributed by atoms with Crippen LogP contribution >= 0.6 is 11.6 Å². The molecule has 20 heavy (non-hydrogen) atoms. The molecule has 1 unspecified atom stereocenters. The summed E-state index contributed by atoms with van der Waals surface area (Å²) in [6.07, 6.45) is -0.291. The zero-order chi connectivity index (χ0) is 14.5. The van der Waals surface area contributed by atoms with Crippen LogP contribution in [0.15, 0.2) is 29.4 Å². The average Bonchev–Trinajstić information content (AvgIpc) is 2.46. The maximum atomic E-state index is 12.2. The Balaban J connectivity index is 1.98. The lowest BCUT2D eigenvalue weighted by Crippen LogP contribution is -2.50. The third kappa shape index (κ3) is 3.61. The second kappa shape index (κ2) is 6.58. The predicted molar refractivity (Wildman–Crippen MR) is 74.9 cm³/mol. The lowest BCUT2D eigenvalue weighted by Gasteiger charge is -2.32. The van der Waals surface area contributed by atoms with Gasteiger partial charge in [-0.25, -0.2) is 0 Å². The maximum Gasteiger partial charge on any atom is 0.227 e. The molecule has 7 heteroatoms. The van der Waals surface area contributed by atoms with Crippen molar-refractivity contribution in [3.05, 3.63) is 34.9 Å². The standard InChI is InChI=1S/C13H16ClN3O3/c14-10-3-1-2-9(6-10)7-12(18)17-4-5-20-11(8-17)13(15)16-19/h1-3,6,11,19H,4-5,7-8H2,(H2,15,16). The Morgan fingerprint density at radius 2 is 2.40 bits per heavy atom. The van der Waals surface area contributed by atoms with Gasteiger partial charge in [-0.1, -0.05) is 28.9 Å². The van der Waals surface area contributed by atoms with E-state index in [4.69, 9.17) is 27.3 Å². The first kappa shape index (κ1) is 14.6. The molecule has 1 saturated heterocycles. The predicted octanol–water partition coefficient (Wildman–Crippen LogP) is 0.856. The Kier molecular flexibility index (Phi) is 4.81. The van der Waals surface area contributed by atoms with Gasteiger partial charge in [-0.05, 0) is 17.7 Å². The van der Waals surface area contributed by atoms with Crippen molar-refractivity contribution in [3.8, 4) is 0 Å². The maximum absolute atomic E-state index is 12.2. The Morgan fingerprint density at radius 1 is 1.60 bits per heavy atom. The summed E-state index contributed by atoms with van der Waals surface area (Å²) in [6, 6.07) is 7.19. The first-order valence-electron chi connectivity index (χ1n) is 6.21. The molecule has 1 atom stereocenters. The van der Waals surface area contributed by atoms with E-state index in [1.165, 1.54) is 0 Å². The van der Waals surface area contributed by atoms with Gasteiger partial charge in [0, 0.05) is 11.6 Å². The van der Waals surface area contributed by atoms with Crippen molar-refractivity contribution >= 4 is 23.3 Å². The zero-order valence-electron chi connectivity index (χ0n) is 10.8. The molecule has 2 rings (SSSR count). The van der Waals surface area contributed by atoms with Crippen LogP contribution < -0.4 is 5.73 Å². The van der Waals surface area contributed by atoms with Crippen molar-refractivity contribution < 1.29 is 14.7 Å². The second-order valence-electron chi connectivity index (χ2n) is 4.53. The molecule has 1 aromatic carbocycles. The summed E-state index contributed by atoms with van der Waals surface area (Å²) < 4.78 is 5.35. The van der Waals surface area contributed by atoms with Gasteiger partial charge in [0.05, 0.1) is 19.6 Å². The Bertz CT molecular complexity index is 521. The Morgan fingerprint density at radius 3 is 3.10 bits per heavy atom. The minimum Gasteiger partial charge on any atom is -0.409 e. The topological polar surface area (TPSA) is 88.2 Å². The molecule has 1 heterocycles. The Labute approximate surface area is 121 Å². The number of nitrogens with two attached hydrogens (primary N) is 1. The average molecular weight is 298 g/mol. The first-order chi connectivity index (χ1) is 9.60. The minimum atomic E-state index is -0.558. The van der Waals surface area contributed by atoms with Crippen molar-refractivity contribution in [2.75, 3.05) is 19.7 Å². The zero-order valence-corrected chi connectivity index (χ0v) is 11.6. The van der Waals surface area contributed by atoms with Gasteiger partial charge in [0.1, 0.15) is 6.10 Å². The molecule has 0 aromatic heterocycles. The van der Waals surface area contributed by atoms with E-state index in [1.807, 2.05) is 12.1 Å². The van der Waals surface area contributed by atoms with E-state index in [9.17, 15) is 4.79 Å². The van der Waals surface area contributed by atoms with Crippen molar-refractivity contribution in [1.29, 1.82) is 0 Å². The largest absolute Gasteiger partial charge is 0.409 e. The normalized spacial score (nSPS) is 19.9. The summed E-state index contributed by atoms with van der Waals surface area (Å²) in [6.45, 7) is 1.14. The van der Waals surface area contributed by atoms with Crippen LogP contribution in [0.1, 0.15) is 5.56 Å². The van der Waals surface area contributed by atoms with Crippen molar-refractivity contribution in [2.45, 2.75) is 12.5 Å². The number of carbonyl (C=O) groups is 1. The van der Waals surface area contributed by atoms with Gasteiger partial charge in [-0.15, -0.1) is 0 Å². The van der Waals surface area contributed by atoms with Crippen LogP contribution in [0.25, 0.3) is 0 Å². The van der Waals surface area contributed by atoms with Crippen LogP contribution in [0.4, 0.5) is 0 Å². The molecule has 0 radical (unpaired) electrons. The summed E-state index contributed by atoms with van der Waals surface area (Å²) in [5.74, 6) is -0.0587. The molecule has 0 saturated carbocycles. The van der Waals surface area contributed by atoms with E-state index in [2.05, 4.69) is 5.16 Å². The molecule has 3 N–H and O–H groups in total. The molecular formula is C13H16ClN3O3. The minimum absolute atomic E-state index is 0.0229. The molecule has 108 valence electrons. The number of hydrogen-bond acceptors (Lipinski definition) is 4. The molecule has 6 nitrogen and oxygen atoms in total. The number of nitrogens with zero attached hydrogens (tertiary/aromatic N) is 2. The number of carbonyl (C=O) groups excluding carboxylic acids is 1. The van der Waals surface area contributed by atoms with Gasteiger partial charge in [0.15, 0.2) is 5.84 Å². The molecular weight excluding hydrogens is 282 g/mol. The molecule has 0 aliphatic carbocycles. The Hall–Kier alpha value is -1.79. The monoisotopic (exact) mass is 297 g/mol. The first-order valence-corrected chi connectivity index (χ1v) is 6.59. The number of amidine groups is 1. The van der Waals surface area contributed by atoms with E-state index in [1.54, 1.807) is 17.0 Å². The van der Waals surface area contributed by atoms with Crippen LogP contribution in [0.5, 0.6) is 0 Å². The summed E-state index contributed by atoms with van der Waals surface area (Å²) in [4.78, 5) is 13.9. The SMILES string of the molecule is NC(=NO)C1CN(C(=O)Cc2cccc(Cl)c2)CCO1. The number of benzene rings is 1. The quantitative estimate of drug-likeness (QED) is 0.375. The van der Waals surface area contributed by atoms with Crippen molar-refractivity contribution in [1.82, 2.24) is 4.90 Å². The summed E-state index contributed by atoms with van der Waals surface area (Å²) in [5, 5.41) is 12.2. The van der Waals surface area contributed by atoms with Crippen LogP contribution in [0, 0.1) is 0 Å². The van der Waals surface area contributed by atoms with Crippen LogP contribution in [-0.2, 0) is 16.0 Å². The highest BCUT2D eigenvalue weighted by molar-refractivity contribution is 6.30. The van der Waals surface area contributed by atoms with E-state index in [0.717, 1.165) is 5.56 Å². The van der Waals surface area contributed by atoms with E-state index in [0.29, 0.717) is 18.2 Å². The fourth-order valence-corrected chi connectivity index (χ4v) is 2.27. The number of oxime groups is 1. The van der Waals surface area contributed by atoms with E-state index in [-0.39, 0.29) is 24.7 Å². The lowest BCUT2D eigenvalue weighted by molar-refractivity contribution is -0.135. The number of morpholine rings is 1. The highest BCUT2D eigenvalue weighted by atomic mass is 35.5. The lowest BCUT2D eigenvalue weighted by atomic mass is 10.1. The van der Waals surface area contributed by atoms with Crippen molar-refractivity contribution in [3.63, 3.8) is 0 Å². The number of halogens is 1. The van der Waals surface area contributed by atoms with Gasteiger partial charge in [-0.2, -0.15) is 0 Å². The number of ether oxygens (including phenoxy) is 1. The van der Waals surface area contributed by atoms with E-state index >= 15 is 0 Å². The number of amides is 1. The summed E-state index contributed by atoms with van der Waals surface area (Å²) >= 11 is 5.89. The van der Waals surface area contributed by atoms with Gasteiger partial charge in [0.25, 0.3) is 0 Å². The fraction of sp³-hybridized carbons (Fsp3) is 0.385. The summed E-state index contributed by atoms with van der Waals surface area (Å²) in [7, 11) is 0. The fourth-order valence-electron chi connectivity index (χ4n) is 2.05. The molecule has 1 aliphatic rings. The van der Waals surface area contributed by atoms with Crippen molar-refractivity contribution in [2.24, 2.45) is 10.9 Å². The summed E-state index contributed by atoms with van der Waals surface area (Å²) in [5.41, 5.74) is 6.36. The number of hydrogen-bond donors (Lipinski definition) is 2. The number of rotatable bonds is 3. The highest BCUT2D eigenvalue weighted by Gasteiger charge is 2.26. The molecule has 1 fully saturated rings. The second-order valence-corrected chi connectivity index (χ2v) is 4.97. The molecule has 0 spiro atoms. The van der Waals surface area contributed by atoms with E-state index < -0.39 is 6.10 Å². The molecule has 0 bridgehead atoms. The van der Waals surface area contributed by atoms with Gasteiger partial charge in [-0.3, -0.25) is 4.79 Å².